The van der Waals surface area contributed by atoms with E-state index in [1.165, 1.54) is 5.56 Å². The number of hydrogen-bond acceptors (Lipinski definition) is 2. The SMILES string of the molecule is CC(CCN)OCc1ccccc1. The Bertz CT molecular complexity index is 223. The van der Waals surface area contributed by atoms with Crippen LogP contribution in [0, 0.1) is 0 Å². The summed E-state index contributed by atoms with van der Waals surface area (Å²) in [6, 6.07) is 10.2. The number of rotatable bonds is 5. The van der Waals surface area contributed by atoms with Gasteiger partial charge in [-0.3, -0.25) is 0 Å². The van der Waals surface area contributed by atoms with E-state index < -0.39 is 0 Å². The summed E-state index contributed by atoms with van der Waals surface area (Å²) in [4.78, 5) is 0. The molecule has 0 radical (unpaired) electrons. The van der Waals surface area contributed by atoms with Crippen LogP contribution in [0.25, 0.3) is 0 Å². The van der Waals surface area contributed by atoms with E-state index in [0.29, 0.717) is 13.2 Å². The molecule has 0 amide bonds. The summed E-state index contributed by atoms with van der Waals surface area (Å²) in [5.41, 5.74) is 6.63. The second kappa shape index (κ2) is 5.73. The van der Waals surface area contributed by atoms with E-state index in [-0.39, 0.29) is 6.10 Å². The second-order valence-electron chi connectivity index (χ2n) is 3.18. The van der Waals surface area contributed by atoms with Crippen LogP contribution < -0.4 is 5.73 Å². The van der Waals surface area contributed by atoms with Gasteiger partial charge in [-0.15, -0.1) is 0 Å². The zero-order valence-corrected chi connectivity index (χ0v) is 8.07. The molecule has 1 unspecified atom stereocenters. The lowest BCUT2D eigenvalue weighted by Crippen LogP contribution is -2.13. The molecule has 2 N–H and O–H groups in total. The molecule has 0 aliphatic carbocycles. The fourth-order valence-electron chi connectivity index (χ4n) is 1.13. The quantitative estimate of drug-likeness (QED) is 0.749. The third-order valence-electron chi connectivity index (χ3n) is 1.95. The van der Waals surface area contributed by atoms with E-state index in [9.17, 15) is 0 Å². The van der Waals surface area contributed by atoms with Gasteiger partial charge in [0.25, 0.3) is 0 Å². The lowest BCUT2D eigenvalue weighted by atomic mass is 10.2. The van der Waals surface area contributed by atoms with Gasteiger partial charge < -0.3 is 10.5 Å². The van der Waals surface area contributed by atoms with Crippen molar-refractivity contribution in [3.63, 3.8) is 0 Å². The Morgan fingerprint density at radius 1 is 1.31 bits per heavy atom. The van der Waals surface area contributed by atoms with Gasteiger partial charge in [-0.2, -0.15) is 0 Å². The van der Waals surface area contributed by atoms with Crippen molar-refractivity contribution in [2.24, 2.45) is 5.73 Å². The minimum Gasteiger partial charge on any atom is -0.374 e. The molecule has 0 aromatic heterocycles. The zero-order valence-electron chi connectivity index (χ0n) is 8.07. The van der Waals surface area contributed by atoms with Crippen molar-refractivity contribution in [1.82, 2.24) is 0 Å². The first-order valence-electron chi connectivity index (χ1n) is 4.68. The van der Waals surface area contributed by atoms with Crippen molar-refractivity contribution in [3.8, 4) is 0 Å². The maximum absolute atomic E-state index is 5.59. The first kappa shape index (κ1) is 10.2. The summed E-state index contributed by atoms with van der Waals surface area (Å²) < 4.78 is 5.59. The third-order valence-corrected chi connectivity index (χ3v) is 1.95. The van der Waals surface area contributed by atoms with Crippen molar-refractivity contribution in [3.05, 3.63) is 35.9 Å². The van der Waals surface area contributed by atoms with Crippen molar-refractivity contribution in [2.45, 2.75) is 26.1 Å². The molecule has 0 bridgehead atoms. The van der Waals surface area contributed by atoms with Gasteiger partial charge in [0.05, 0.1) is 12.7 Å². The first-order valence-corrected chi connectivity index (χ1v) is 4.68. The van der Waals surface area contributed by atoms with Gasteiger partial charge in [-0.05, 0) is 25.5 Å². The van der Waals surface area contributed by atoms with Crippen LogP contribution >= 0.6 is 0 Å². The van der Waals surface area contributed by atoms with Crippen molar-refractivity contribution < 1.29 is 4.74 Å². The molecule has 13 heavy (non-hydrogen) atoms. The molecule has 72 valence electrons. The Hall–Kier alpha value is -0.860. The predicted molar refractivity (Wildman–Crippen MR) is 54.4 cm³/mol. The molecule has 0 saturated heterocycles. The monoisotopic (exact) mass is 179 g/mol. The number of benzene rings is 1. The third kappa shape index (κ3) is 4.06. The highest BCUT2D eigenvalue weighted by atomic mass is 16.5. The molecule has 1 rings (SSSR count). The first-order chi connectivity index (χ1) is 6.33. The van der Waals surface area contributed by atoms with Gasteiger partial charge in [0.15, 0.2) is 0 Å². The number of hydrogen-bond donors (Lipinski definition) is 1. The standard InChI is InChI=1S/C11H17NO/c1-10(7-8-12)13-9-11-5-3-2-4-6-11/h2-6,10H,7-9,12H2,1H3. The fourth-order valence-corrected chi connectivity index (χ4v) is 1.13. The Morgan fingerprint density at radius 2 is 2.00 bits per heavy atom. The van der Waals surface area contributed by atoms with Crippen LogP contribution in [0.2, 0.25) is 0 Å². The topological polar surface area (TPSA) is 35.2 Å². The van der Waals surface area contributed by atoms with Crippen LogP contribution in [0.4, 0.5) is 0 Å². The van der Waals surface area contributed by atoms with Gasteiger partial charge >= 0.3 is 0 Å². The second-order valence-corrected chi connectivity index (χ2v) is 3.18. The van der Waals surface area contributed by atoms with Gasteiger partial charge in [0, 0.05) is 0 Å². The smallest absolute Gasteiger partial charge is 0.0720 e. The number of ether oxygens (including phenoxy) is 1. The van der Waals surface area contributed by atoms with Crippen molar-refractivity contribution in [2.75, 3.05) is 6.54 Å². The van der Waals surface area contributed by atoms with Gasteiger partial charge in [0.1, 0.15) is 0 Å². The molecule has 0 heterocycles. The average Bonchev–Trinajstić information content (AvgIpc) is 2.17. The maximum Gasteiger partial charge on any atom is 0.0720 e. The predicted octanol–water partition coefficient (Wildman–Crippen LogP) is 1.94. The normalized spacial score (nSPS) is 12.8. The van der Waals surface area contributed by atoms with Crippen LogP contribution in [-0.4, -0.2) is 12.6 Å². The highest BCUT2D eigenvalue weighted by Gasteiger charge is 2.00. The minimum absolute atomic E-state index is 0.255. The Morgan fingerprint density at radius 3 is 2.62 bits per heavy atom. The Balaban J connectivity index is 2.27. The van der Waals surface area contributed by atoms with E-state index in [2.05, 4.69) is 19.1 Å². The van der Waals surface area contributed by atoms with Crippen molar-refractivity contribution in [1.29, 1.82) is 0 Å². The summed E-state index contributed by atoms with van der Waals surface area (Å²) in [6.45, 7) is 3.42. The summed E-state index contributed by atoms with van der Waals surface area (Å²) in [5.74, 6) is 0. The highest BCUT2D eigenvalue weighted by molar-refractivity contribution is 5.13. The van der Waals surface area contributed by atoms with E-state index in [0.717, 1.165) is 6.42 Å². The Kier molecular flexibility index (Phi) is 4.50. The number of nitrogens with two attached hydrogens (primary N) is 1. The van der Waals surface area contributed by atoms with Gasteiger partial charge in [0.2, 0.25) is 0 Å². The van der Waals surface area contributed by atoms with E-state index in [1.807, 2.05) is 18.2 Å². The summed E-state index contributed by atoms with van der Waals surface area (Å²) in [6.07, 6.45) is 1.18. The largest absolute Gasteiger partial charge is 0.374 e. The molecule has 0 saturated carbocycles. The molecule has 1 aromatic carbocycles. The zero-order chi connectivity index (χ0) is 9.52. The average molecular weight is 179 g/mol. The van der Waals surface area contributed by atoms with Gasteiger partial charge in [-0.1, -0.05) is 30.3 Å². The van der Waals surface area contributed by atoms with Crippen LogP contribution in [0.5, 0.6) is 0 Å². The lowest BCUT2D eigenvalue weighted by Gasteiger charge is -2.11. The maximum atomic E-state index is 5.59. The van der Waals surface area contributed by atoms with E-state index >= 15 is 0 Å². The molecule has 0 fully saturated rings. The molecule has 1 aromatic rings. The lowest BCUT2D eigenvalue weighted by molar-refractivity contribution is 0.0492. The summed E-state index contributed by atoms with van der Waals surface area (Å²) in [7, 11) is 0. The summed E-state index contributed by atoms with van der Waals surface area (Å²) in [5, 5.41) is 0. The fraction of sp³-hybridized carbons (Fsp3) is 0.455. The summed E-state index contributed by atoms with van der Waals surface area (Å²) >= 11 is 0. The van der Waals surface area contributed by atoms with Crippen LogP contribution in [-0.2, 0) is 11.3 Å². The van der Waals surface area contributed by atoms with Crippen LogP contribution in [0.3, 0.4) is 0 Å². The molecule has 2 heteroatoms. The van der Waals surface area contributed by atoms with E-state index in [4.69, 9.17) is 10.5 Å². The molecule has 2 nitrogen and oxygen atoms in total. The molecule has 0 aliphatic rings. The molecular formula is C11H17NO. The molecule has 1 atom stereocenters. The van der Waals surface area contributed by atoms with Crippen LogP contribution in [0.1, 0.15) is 18.9 Å². The Labute approximate surface area is 79.7 Å². The van der Waals surface area contributed by atoms with Crippen LogP contribution in [0.15, 0.2) is 30.3 Å². The molecule has 0 spiro atoms. The highest BCUT2D eigenvalue weighted by Crippen LogP contribution is 2.04. The minimum atomic E-state index is 0.255. The van der Waals surface area contributed by atoms with Crippen molar-refractivity contribution >= 4 is 0 Å². The molecule has 0 aliphatic heterocycles. The van der Waals surface area contributed by atoms with Gasteiger partial charge in [-0.25, -0.2) is 0 Å². The van der Waals surface area contributed by atoms with E-state index in [1.54, 1.807) is 0 Å². The molecular weight excluding hydrogens is 162 g/mol.